The van der Waals surface area contributed by atoms with Gasteiger partial charge in [-0.05, 0) is 109 Å². The van der Waals surface area contributed by atoms with Gasteiger partial charge >= 0.3 is 17.9 Å². The molecule has 0 radical (unpaired) electrons. The van der Waals surface area contributed by atoms with Crippen molar-refractivity contribution in [2.24, 2.45) is 0 Å². The Labute approximate surface area is 459 Å². The van der Waals surface area contributed by atoms with Gasteiger partial charge in [-0.2, -0.15) is 0 Å². The number of allylic oxidation sites excluding steroid dienone is 22. The average Bonchev–Trinajstić information content (AvgIpc) is 3.38. The van der Waals surface area contributed by atoms with E-state index in [4.69, 9.17) is 18.9 Å². The van der Waals surface area contributed by atoms with Crippen LogP contribution in [-0.4, -0.2) is 87.4 Å². The van der Waals surface area contributed by atoms with E-state index in [9.17, 15) is 19.5 Å². The van der Waals surface area contributed by atoms with Crippen molar-refractivity contribution in [1.29, 1.82) is 0 Å². The lowest BCUT2D eigenvalue weighted by Crippen LogP contribution is -2.40. The highest BCUT2D eigenvalue weighted by molar-refractivity contribution is 5.71. The number of esters is 2. The van der Waals surface area contributed by atoms with Gasteiger partial charge in [0.2, 0.25) is 0 Å². The highest BCUT2D eigenvalue weighted by Gasteiger charge is 2.25. The molecule has 0 aromatic carbocycles. The Balaban J connectivity index is 4.28. The van der Waals surface area contributed by atoms with Crippen molar-refractivity contribution < 1.29 is 42.9 Å². The lowest BCUT2D eigenvalue weighted by Gasteiger charge is -2.25. The van der Waals surface area contributed by atoms with E-state index < -0.39 is 24.3 Å². The number of unbranched alkanes of at least 4 members (excludes halogenated alkanes) is 15. The number of rotatable bonds is 52. The van der Waals surface area contributed by atoms with Crippen molar-refractivity contribution in [2.45, 2.75) is 219 Å². The van der Waals surface area contributed by atoms with E-state index in [-0.39, 0.29) is 38.6 Å². The predicted molar refractivity (Wildman–Crippen MR) is 317 cm³/mol. The molecule has 0 spiro atoms. The minimum atomic E-state index is -1.53. The lowest BCUT2D eigenvalue weighted by molar-refractivity contribution is -0.870. The van der Waals surface area contributed by atoms with Crippen LogP contribution in [0.2, 0.25) is 0 Å². The molecule has 0 amide bonds. The monoisotopic (exact) mass is 1040 g/mol. The van der Waals surface area contributed by atoms with Crippen LogP contribution in [0.5, 0.6) is 0 Å². The van der Waals surface area contributed by atoms with Gasteiger partial charge in [0.25, 0.3) is 6.29 Å². The molecule has 2 atom stereocenters. The fourth-order valence-corrected chi connectivity index (χ4v) is 7.45. The number of carboxylic acid groups (broad SMARTS) is 1. The van der Waals surface area contributed by atoms with E-state index in [0.29, 0.717) is 23.9 Å². The van der Waals surface area contributed by atoms with Gasteiger partial charge in [0.05, 0.1) is 34.4 Å². The number of ether oxygens (including phenoxy) is 4. The smallest absolute Gasteiger partial charge is 0.361 e. The molecular formula is C66H108NO8+. The van der Waals surface area contributed by atoms with Crippen molar-refractivity contribution >= 4 is 17.9 Å². The summed E-state index contributed by atoms with van der Waals surface area (Å²) in [6.45, 7) is 4.59. The summed E-state index contributed by atoms with van der Waals surface area (Å²) in [5.41, 5.74) is 0. The molecule has 0 aliphatic heterocycles. The molecule has 2 unspecified atom stereocenters. The van der Waals surface area contributed by atoms with Gasteiger partial charge in [0.15, 0.2) is 6.10 Å². The van der Waals surface area contributed by atoms with Crippen molar-refractivity contribution in [3.8, 4) is 0 Å². The molecule has 0 heterocycles. The second-order valence-corrected chi connectivity index (χ2v) is 20.2. The van der Waals surface area contributed by atoms with Gasteiger partial charge in [0.1, 0.15) is 13.2 Å². The van der Waals surface area contributed by atoms with Gasteiger partial charge in [-0.15, -0.1) is 0 Å². The summed E-state index contributed by atoms with van der Waals surface area (Å²) in [5, 5.41) is 9.70. The molecule has 0 saturated carbocycles. The summed E-state index contributed by atoms with van der Waals surface area (Å²) in [6, 6.07) is 0. The van der Waals surface area contributed by atoms with Crippen LogP contribution in [0.15, 0.2) is 134 Å². The van der Waals surface area contributed by atoms with Crippen LogP contribution in [0.1, 0.15) is 206 Å². The molecule has 0 rings (SSSR count). The molecular weight excluding hydrogens is 935 g/mol. The third-order valence-electron chi connectivity index (χ3n) is 11.9. The molecule has 424 valence electrons. The van der Waals surface area contributed by atoms with E-state index in [1.165, 1.54) is 57.8 Å². The Bertz CT molecular complexity index is 1690. The van der Waals surface area contributed by atoms with E-state index in [1.54, 1.807) is 0 Å². The maximum Gasteiger partial charge on any atom is 0.361 e. The number of likely N-dealkylation sites (N-methyl/N-ethyl adjacent to an activating group) is 1. The Morgan fingerprint density at radius 3 is 1.08 bits per heavy atom. The van der Waals surface area contributed by atoms with Crippen LogP contribution in [-0.2, 0) is 33.3 Å². The van der Waals surface area contributed by atoms with Crippen LogP contribution >= 0.6 is 0 Å². The van der Waals surface area contributed by atoms with Gasteiger partial charge in [0, 0.05) is 12.8 Å². The number of hydrogen-bond acceptors (Lipinski definition) is 7. The number of carbonyl (C=O) groups excluding carboxylic acids is 2. The summed E-state index contributed by atoms with van der Waals surface area (Å²) in [6.07, 6.45) is 76.7. The zero-order valence-electron chi connectivity index (χ0n) is 48.2. The Kier molecular flexibility index (Phi) is 52.3. The quantitative estimate of drug-likeness (QED) is 0.0211. The molecule has 0 fully saturated rings. The summed E-state index contributed by atoms with van der Waals surface area (Å²) in [4.78, 5) is 37.4. The van der Waals surface area contributed by atoms with Gasteiger partial charge in [-0.25, -0.2) is 4.79 Å². The van der Waals surface area contributed by atoms with Crippen molar-refractivity contribution in [2.75, 3.05) is 47.5 Å². The highest BCUT2D eigenvalue weighted by atomic mass is 16.7. The van der Waals surface area contributed by atoms with Crippen molar-refractivity contribution in [3.63, 3.8) is 0 Å². The standard InChI is InChI=1S/C66H107NO8/c1-6-8-10-12-14-16-18-20-22-24-26-27-28-29-30-31-32-33-34-35-36-37-39-41-43-45-47-49-51-53-55-57-64(69)75-62(61-74-66(65(70)71)72-59-58-67(3,4)5)60-73-63(68)56-54-52-50-48-46-44-42-40-38-25-23-21-19-17-15-13-11-9-7-2/h8-11,14-17,20-23,26-27,29-30,32-33,38,40,44,46,62,66H,6-7,12-13,18-19,24-25,28,31,34-37,39,41-43,45,47-61H2,1-5H3/p+1/b10-8-,11-9-,16-14-,17-15-,22-20-,23-21-,27-26-,30-29-,33-32-,40-38-,46-44-. The van der Waals surface area contributed by atoms with Crippen LogP contribution in [0, 0.1) is 0 Å². The second kappa shape index (κ2) is 55.7. The van der Waals surface area contributed by atoms with Gasteiger partial charge < -0.3 is 28.5 Å². The number of hydrogen-bond donors (Lipinski definition) is 1. The van der Waals surface area contributed by atoms with E-state index in [0.717, 1.165) is 109 Å². The molecule has 0 aliphatic rings. The first kappa shape index (κ1) is 70.4. The second-order valence-electron chi connectivity index (χ2n) is 20.2. The molecule has 0 bridgehead atoms. The average molecular weight is 1040 g/mol. The van der Waals surface area contributed by atoms with Gasteiger partial charge in [-0.1, -0.05) is 218 Å². The summed E-state index contributed by atoms with van der Waals surface area (Å²) in [5.74, 6) is -2.07. The normalized spacial score (nSPS) is 13.8. The first-order valence-electron chi connectivity index (χ1n) is 29.3. The Hall–Kier alpha value is -4.57. The fourth-order valence-electron chi connectivity index (χ4n) is 7.45. The van der Waals surface area contributed by atoms with E-state index in [1.807, 2.05) is 21.1 Å². The molecule has 75 heavy (non-hydrogen) atoms. The molecule has 0 aromatic rings. The SMILES string of the molecule is CC/C=C\C/C=C\C/C=C\C/C=C\C/C=C\C/C=C\CCCCCCCCCCCCCCC(=O)OC(COC(=O)CCCCC/C=C\C/C=C\C/C=C\C/C=C\C/C=C\CC)COC(OCC[N+](C)(C)C)C(=O)O. The predicted octanol–water partition coefficient (Wildman–Crippen LogP) is 17.5. The van der Waals surface area contributed by atoms with Crippen LogP contribution in [0.3, 0.4) is 0 Å². The molecule has 0 aliphatic carbocycles. The van der Waals surface area contributed by atoms with Crippen LogP contribution in [0.4, 0.5) is 0 Å². The molecule has 1 N–H and O–H groups in total. The summed E-state index contributed by atoms with van der Waals surface area (Å²) >= 11 is 0. The van der Waals surface area contributed by atoms with Crippen molar-refractivity contribution in [1.82, 2.24) is 0 Å². The molecule has 0 aromatic heterocycles. The summed E-state index contributed by atoms with van der Waals surface area (Å²) in [7, 11) is 5.95. The van der Waals surface area contributed by atoms with E-state index in [2.05, 4.69) is 148 Å². The highest BCUT2D eigenvalue weighted by Crippen LogP contribution is 2.15. The number of quaternary nitrogens is 1. The zero-order chi connectivity index (χ0) is 54.8. The van der Waals surface area contributed by atoms with E-state index >= 15 is 0 Å². The number of carboxylic acids is 1. The first-order valence-corrected chi connectivity index (χ1v) is 29.3. The third kappa shape index (κ3) is 57.0. The topological polar surface area (TPSA) is 108 Å². The maximum absolute atomic E-state index is 12.9. The minimum absolute atomic E-state index is 0.174. The fraction of sp³-hybridized carbons (Fsp3) is 0.621. The number of carbonyl (C=O) groups is 3. The number of aliphatic carboxylic acids is 1. The molecule has 9 nitrogen and oxygen atoms in total. The van der Waals surface area contributed by atoms with Crippen molar-refractivity contribution in [3.05, 3.63) is 134 Å². The lowest BCUT2D eigenvalue weighted by atomic mass is 10.0. The maximum atomic E-state index is 12.9. The minimum Gasteiger partial charge on any atom is -0.477 e. The molecule has 0 saturated heterocycles. The zero-order valence-corrected chi connectivity index (χ0v) is 48.2. The summed E-state index contributed by atoms with van der Waals surface area (Å²) < 4.78 is 22.8. The van der Waals surface area contributed by atoms with Gasteiger partial charge in [-0.3, -0.25) is 9.59 Å². The number of nitrogens with zero attached hydrogens (tertiary/aromatic N) is 1. The Morgan fingerprint density at radius 2 is 0.720 bits per heavy atom. The van der Waals surface area contributed by atoms with Crippen LogP contribution in [0.25, 0.3) is 0 Å². The largest absolute Gasteiger partial charge is 0.477 e. The third-order valence-corrected chi connectivity index (χ3v) is 11.9. The molecule has 9 heteroatoms. The Morgan fingerprint density at radius 1 is 0.400 bits per heavy atom. The first-order chi connectivity index (χ1) is 36.6. The van der Waals surface area contributed by atoms with Crippen LogP contribution < -0.4 is 0 Å².